The minimum Gasteiger partial charge on any atom is -0.210 e. The van der Waals surface area contributed by atoms with Crippen LogP contribution in [0, 0.1) is 5.41 Å². The van der Waals surface area contributed by atoms with E-state index >= 15 is 0 Å². The summed E-state index contributed by atoms with van der Waals surface area (Å²) in [6, 6.07) is 3.39. The van der Waals surface area contributed by atoms with Crippen molar-refractivity contribution in [2.45, 2.75) is 23.5 Å². The third-order valence-corrected chi connectivity index (χ3v) is 6.17. The zero-order valence-corrected chi connectivity index (χ0v) is 12.0. The fourth-order valence-corrected chi connectivity index (χ4v) is 4.66. The molecule has 90 valence electrons. The Labute approximate surface area is 108 Å². The third-order valence-electron chi connectivity index (χ3n) is 2.98. The molecule has 16 heavy (non-hydrogen) atoms. The maximum atomic E-state index is 11.9. The molecular formula is C10H14BrNO2S2. The van der Waals surface area contributed by atoms with Crippen molar-refractivity contribution in [1.29, 1.82) is 0 Å². The standard InChI is InChI=1S/C10H14BrNO2S2/c11-6-5-10(3-4-10)8-12-16(13,14)9-2-1-7-15-9/h1-2,7,12H,3-6,8H2. The van der Waals surface area contributed by atoms with E-state index in [0.29, 0.717) is 10.8 Å². The van der Waals surface area contributed by atoms with Gasteiger partial charge in [0.15, 0.2) is 0 Å². The summed E-state index contributed by atoms with van der Waals surface area (Å²) in [5, 5.41) is 2.72. The van der Waals surface area contributed by atoms with E-state index in [4.69, 9.17) is 0 Å². The smallest absolute Gasteiger partial charge is 0.210 e. The molecule has 1 fully saturated rings. The molecule has 1 N–H and O–H groups in total. The minimum atomic E-state index is -3.28. The molecule has 1 aromatic heterocycles. The minimum absolute atomic E-state index is 0.216. The number of thiophene rings is 1. The number of rotatable bonds is 6. The molecule has 0 atom stereocenters. The molecule has 0 bridgehead atoms. The summed E-state index contributed by atoms with van der Waals surface area (Å²) in [5.41, 5.74) is 0.216. The lowest BCUT2D eigenvalue weighted by atomic mass is 10.1. The van der Waals surface area contributed by atoms with E-state index in [2.05, 4.69) is 20.7 Å². The highest BCUT2D eigenvalue weighted by Crippen LogP contribution is 2.48. The second kappa shape index (κ2) is 4.76. The topological polar surface area (TPSA) is 46.2 Å². The van der Waals surface area contributed by atoms with Crippen molar-refractivity contribution in [3.63, 3.8) is 0 Å². The molecule has 0 saturated heterocycles. The van der Waals surface area contributed by atoms with Crippen molar-refractivity contribution < 1.29 is 8.42 Å². The van der Waals surface area contributed by atoms with Gasteiger partial charge in [-0.3, -0.25) is 0 Å². The Balaban J connectivity index is 1.96. The van der Waals surface area contributed by atoms with Crippen LogP contribution in [0.3, 0.4) is 0 Å². The lowest BCUT2D eigenvalue weighted by Gasteiger charge is -2.13. The summed E-state index contributed by atoms with van der Waals surface area (Å²) in [6.45, 7) is 0.568. The van der Waals surface area contributed by atoms with Crippen molar-refractivity contribution in [3.8, 4) is 0 Å². The molecule has 3 nitrogen and oxygen atoms in total. The van der Waals surface area contributed by atoms with Gasteiger partial charge in [-0.1, -0.05) is 22.0 Å². The lowest BCUT2D eigenvalue weighted by Crippen LogP contribution is -2.30. The second-order valence-corrected chi connectivity index (χ2v) is 7.93. The van der Waals surface area contributed by atoms with Gasteiger partial charge in [-0.15, -0.1) is 11.3 Å². The molecule has 1 aliphatic carbocycles. The highest BCUT2D eigenvalue weighted by Gasteiger charge is 2.42. The number of nitrogens with one attached hydrogen (secondary N) is 1. The molecule has 0 aromatic carbocycles. The Bertz CT molecular complexity index is 437. The van der Waals surface area contributed by atoms with Crippen LogP contribution in [0.2, 0.25) is 0 Å². The van der Waals surface area contributed by atoms with Gasteiger partial charge < -0.3 is 0 Å². The Kier molecular flexibility index (Phi) is 3.73. The second-order valence-electron chi connectivity index (χ2n) is 4.20. The maximum Gasteiger partial charge on any atom is 0.250 e. The van der Waals surface area contributed by atoms with Crippen molar-refractivity contribution in [3.05, 3.63) is 17.5 Å². The van der Waals surface area contributed by atoms with Gasteiger partial charge in [-0.25, -0.2) is 13.1 Å². The predicted molar refractivity (Wildman–Crippen MR) is 69.6 cm³/mol. The Hall–Kier alpha value is 0.0900. The van der Waals surface area contributed by atoms with Gasteiger partial charge in [-0.05, 0) is 36.1 Å². The van der Waals surface area contributed by atoms with Crippen molar-refractivity contribution >= 4 is 37.3 Å². The molecule has 1 heterocycles. The molecular weight excluding hydrogens is 310 g/mol. The normalized spacial score (nSPS) is 18.6. The zero-order valence-electron chi connectivity index (χ0n) is 8.78. The Morgan fingerprint density at radius 3 is 2.75 bits per heavy atom. The zero-order chi connectivity index (χ0) is 11.6. The lowest BCUT2D eigenvalue weighted by molar-refractivity contribution is 0.481. The van der Waals surface area contributed by atoms with Crippen LogP contribution in [0.1, 0.15) is 19.3 Å². The number of halogens is 1. The summed E-state index contributed by atoms with van der Waals surface area (Å²) in [6.07, 6.45) is 3.30. The molecule has 1 aromatic rings. The molecule has 2 rings (SSSR count). The number of alkyl halides is 1. The van der Waals surface area contributed by atoms with Gasteiger partial charge in [-0.2, -0.15) is 0 Å². The summed E-state index contributed by atoms with van der Waals surface area (Å²) < 4.78 is 26.8. The van der Waals surface area contributed by atoms with Crippen LogP contribution in [-0.2, 0) is 10.0 Å². The molecule has 0 amide bonds. The van der Waals surface area contributed by atoms with Crippen molar-refractivity contribution in [2.24, 2.45) is 5.41 Å². The predicted octanol–water partition coefficient (Wildman–Crippen LogP) is 2.59. The average Bonchev–Trinajstić information content (AvgIpc) is 2.81. The Morgan fingerprint density at radius 2 is 2.25 bits per heavy atom. The van der Waals surface area contributed by atoms with Crippen LogP contribution in [0.25, 0.3) is 0 Å². The fourth-order valence-electron chi connectivity index (χ4n) is 1.63. The maximum absolute atomic E-state index is 11.9. The molecule has 0 unspecified atom stereocenters. The van der Waals surface area contributed by atoms with Gasteiger partial charge in [0.05, 0.1) is 0 Å². The van der Waals surface area contributed by atoms with Crippen LogP contribution < -0.4 is 4.72 Å². The first kappa shape index (κ1) is 12.5. The van der Waals surface area contributed by atoms with Crippen LogP contribution in [0.15, 0.2) is 21.7 Å². The molecule has 0 aliphatic heterocycles. The highest BCUT2D eigenvalue weighted by atomic mass is 79.9. The number of hydrogen-bond acceptors (Lipinski definition) is 3. The molecule has 6 heteroatoms. The van der Waals surface area contributed by atoms with Crippen LogP contribution >= 0.6 is 27.3 Å². The van der Waals surface area contributed by atoms with E-state index in [1.165, 1.54) is 11.3 Å². The quantitative estimate of drug-likeness (QED) is 0.818. The highest BCUT2D eigenvalue weighted by molar-refractivity contribution is 9.09. The Morgan fingerprint density at radius 1 is 1.50 bits per heavy atom. The number of sulfonamides is 1. The van der Waals surface area contributed by atoms with Gasteiger partial charge in [0, 0.05) is 11.9 Å². The largest absolute Gasteiger partial charge is 0.250 e. The SMILES string of the molecule is O=S(=O)(NCC1(CCBr)CC1)c1cccs1. The first-order chi connectivity index (χ1) is 7.58. The van der Waals surface area contributed by atoms with E-state index in [9.17, 15) is 8.42 Å². The van der Waals surface area contributed by atoms with Crippen molar-refractivity contribution in [1.82, 2.24) is 4.72 Å². The third kappa shape index (κ3) is 2.85. The monoisotopic (exact) mass is 323 g/mol. The van der Waals surface area contributed by atoms with Gasteiger partial charge >= 0.3 is 0 Å². The molecule has 1 saturated carbocycles. The van der Waals surface area contributed by atoms with E-state index in [-0.39, 0.29) is 5.41 Å². The van der Waals surface area contributed by atoms with E-state index < -0.39 is 10.0 Å². The van der Waals surface area contributed by atoms with E-state index in [1.807, 2.05) is 0 Å². The first-order valence-corrected chi connectivity index (χ1v) is 8.66. The van der Waals surface area contributed by atoms with Crippen molar-refractivity contribution in [2.75, 3.05) is 11.9 Å². The van der Waals surface area contributed by atoms with E-state index in [1.54, 1.807) is 17.5 Å². The summed E-state index contributed by atoms with van der Waals surface area (Å²) in [7, 11) is -3.28. The van der Waals surface area contributed by atoms with Crippen LogP contribution in [-0.4, -0.2) is 20.3 Å². The first-order valence-electron chi connectivity index (χ1n) is 5.17. The summed E-state index contributed by atoms with van der Waals surface area (Å²) in [5.74, 6) is 0. The molecule has 0 spiro atoms. The molecule has 0 radical (unpaired) electrons. The summed E-state index contributed by atoms with van der Waals surface area (Å²) in [4.78, 5) is 0. The summed E-state index contributed by atoms with van der Waals surface area (Å²) >= 11 is 4.66. The average molecular weight is 324 g/mol. The van der Waals surface area contributed by atoms with E-state index in [0.717, 1.165) is 24.6 Å². The van der Waals surface area contributed by atoms with Gasteiger partial charge in [0.2, 0.25) is 10.0 Å². The molecule has 1 aliphatic rings. The van der Waals surface area contributed by atoms with Crippen LogP contribution in [0.4, 0.5) is 0 Å². The number of hydrogen-bond donors (Lipinski definition) is 1. The van der Waals surface area contributed by atoms with Gasteiger partial charge in [0.1, 0.15) is 4.21 Å². The van der Waals surface area contributed by atoms with Crippen LogP contribution in [0.5, 0.6) is 0 Å². The van der Waals surface area contributed by atoms with Gasteiger partial charge in [0.25, 0.3) is 0 Å². The fraction of sp³-hybridized carbons (Fsp3) is 0.600.